The van der Waals surface area contributed by atoms with E-state index >= 15 is 0 Å². The lowest BCUT2D eigenvalue weighted by Crippen LogP contribution is -2.23. The minimum absolute atomic E-state index is 0.686. The third-order valence-electron chi connectivity index (χ3n) is 2.63. The predicted octanol–water partition coefficient (Wildman–Crippen LogP) is 4.67. The van der Waals surface area contributed by atoms with Gasteiger partial charge < -0.3 is 0 Å². The fourth-order valence-corrected chi connectivity index (χ4v) is 8.57. The molecule has 0 nitrogen and oxygen atoms in total. The van der Waals surface area contributed by atoms with Crippen molar-refractivity contribution in [1.82, 2.24) is 0 Å². The highest BCUT2D eigenvalue weighted by atomic mass is 32.2. The maximum Gasteiger partial charge on any atom is 0.0226 e. The van der Waals surface area contributed by atoms with Gasteiger partial charge in [0.05, 0.1) is 0 Å². The Morgan fingerprint density at radius 2 is 1.41 bits per heavy atom. The van der Waals surface area contributed by atoms with Crippen LogP contribution in [-0.2, 0) is 0 Å². The van der Waals surface area contributed by atoms with Crippen LogP contribution < -0.4 is 0 Å². The average molecular weight is 473 g/mol. The van der Waals surface area contributed by atoms with Gasteiger partial charge >= 0.3 is 0 Å². The van der Waals surface area contributed by atoms with Crippen LogP contribution in [0.15, 0.2) is 0 Å². The molecule has 1 saturated heterocycles. The molecule has 134 valence electrons. The lowest BCUT2D eigenvalue weighted by atomic mass is 10.5. The molecule has 0 aliphatic carbocycles. The number of hydrogen-bond donors (Lipinski definition) is 5. The van der Waals surface area contributed by atoms with Crippen LogP contribution in [0, 0.1) is 0 Å². The first-order valence-electron chi connectivity index (χ1n) is 7.18. The highest BCUT2D eigenvalue weighted by molar-refractivity contribution is 8.07. The molecular formula is C13H28S9. The van der Waals surface area contributed by atoms with Crippen LogP contribution in [0.1, 0.15) is 0 Å². The maximum atomic E-state index is 4.31. The van der Waals surface area contributed by atoms with Crippen molar-refractivity contribution < 1.29 is 0 Å². The molecule has 0 N–H and O–H groups in total. The molecule has 22 heavy (non-hydrogen) atoms. The Morgan fingerprint density at radius 3 is 1.77 bits per heavy atom. The van der Waals surface area contributed by atoms with E-state index in [0.29, 0.717) is 5.25 Å². The Morgan fingerprint density at radius 1 is 0.864 bits per heavy atom. The normalized spacial score (nSPS) is 22.8. The zero-order valence-electron chi connectivity index (χ0n) is 12.7. The van der Waals surface area contributed by atoms with Gasteiger partial charge in [0.15, 0.2) is 0 Å². The van der Waals surface area contributed by atoms with E-state index in [1.165, 1.54) is 17.3 Å². The zero-order chi connectivity index (χ0) is 16.6. The van der Waals surface area contributed by atoms with Crippen LogP contribution in [-0.4, -0.2) is 73.3 Å². The molecule has 9 heteroatoms. The van der Waals surface area contributed by atoms with Crippen LogP contribution in [0.5, 0.6) is 0 Å². The Hall–Kier alpha value is 3.15. The van der Waals surface area contributed by atoms with Gasteiger partial charge in [0.2, 0.25) is 0 Å². The summed E-state index contributed by atoms with van der Waals surface area (Å²) in [4.78, 5) is 0. The topological polar surface area (TPSA) is 0 Å². The first-order chi connectivity index (χ1) is 10.7. The van der Waals surface area contributed by atoms with Crippen LogP contribution in [0.2, 0.25) is 0 Å². The van der Waals surface area contributed by atoms with Gasteiger partial charge in [0.25, 0.3) is 0 Å². The van der Waals surface area contributed by atoms with E-state index in [1.807, 2.05) is 47.0 Å². The van der Waals surface area contributed by atoms with Crippen molar-refractivity contribution in [1.29, 1.82) is 0 Å². The molecule has 0 aromatic rings. The molecule has 0 radical (unpaired) electrons. The fraction of sp³-hybridized carbons (Fsp3) is 1.00. The van der Waals surface area contributed by atoms with Crippen molar-refractivity contribution >= 4 is 110 Å². The molecule has 0 aromatic heterocycles. The third-order valence-corrected chi connectivity index (χ3v) is 11.6. The first kappa shape index (κ1) is 25.1. The van der Waals surface area contributed by atoms with Crippen LogP contribution >= 0.6 is 110 Å². The second-order valence-electron chi connectivity index (χ2n) is 4.47. The second-order valence-corrected chi connectivity index (χ2v) is 11.7. The van der Waals surface area contributed by atoms with Gasteiger partial charge in [-0.05, 0) is 11.5 Å². The first-order valence-corrected chi connectivity index (χ1v) is 14.6. The van der Waals surface area contributed by atoms with E-state index in [0.717, 1.165) is 50.8 Å². The summed E-state index contributed by atoms with van der Waals surface area (Å²) in [5.41, 5.74) is 0. The van der Waals surface area contributed by atoms with Crippen molar-refractivity contribution in [2.75, 3.05) is 57.5 Å². The SMILES string of the molecule is SCC1CSC(CS)CS1.SCCSCC(CS)SCCS. The second kappa shape index (κ2) is 18.9. The summed E-state index contributed by atoms with van der Waals surface area (Å²) in [6.07, 6.45) is 0. The summed E-state index contributed by atoms with van der Waals surface area (Å²) in [7, 11) is 0. The molecule has 1 aliphatic heterocycles. The maximum absolute atomic E-state index is 4.31. The summed E-state index contributed by atoms with van der Waals surface area (Å²) in [5, 5.41) is 2.25. The monoisotopic (exact) mass is 472 g/mol. The summed E-state index contributed by atoms with van der Waals surface area (Å²) >= 11 is 29.2. The van der Waals surface area contributed by atoms with E-state index in [2.05, 4.69) is 63.1 Å². The Kier molecular flexibility index (Phi) is 21.6. The molecule has 0 saturated carbocycles. The standard InChI is InChI=1S/C7H16S5.C6H12S4/c8-1-3-11-6-7(5-10)12-4-2-9;7-1-5-3-10-6(2-8)4-9-5/h7-10H,1-6H2;5-8H,1-4H2. The smallest absolute Gasteiger partial charge is 0.0226 e. The molecule has 0 aromatic carbocycles. The fourth-order valence-electron chi connectivity index (χ4n) is 1.45. The van der Waals surface area contributed by atoms with Gasteiger partial charge in [0, 0.05) is 61.8 Å². The molecular weight excluding hydrogens is 445 g/mol. The summed E-state index contributed by atoms with van der Waals surface area (Å²) in [5.74, 6) is 11.0. The third kappa shape index (κ3) is 14.3. The zero-order valence-corrected chi connectivity index (χ0v) is 20.4. The van der Waals surface area contributed by atoms with Crippen LogP contribution in [0.3, 0.4) is 0 Å². The summed E-state index contributed by atoms with van der Waals surface area (Å²) < 4.78 is 0. The largest absolute Gasteiger partial charge is 0.179 e. The molecule has 1 heterocycles. The number of hydrogen-bond acceptors (Lipinski definition) is 9. The van der Waals surface area contributed by atoms with Gasteiger partial charge in [-0.25, -0.2) is 0 Å². The lowest BCUT2D eigenvalue weighted by Gasteiger charge is -2.25. The van der Waals surface area contributed by atoms with Gasteiger partial charge in [-0.1, -0.05) is 0 Å². The quantitative estimate of drug-likeness (QED) is 0.231. The van der Waals surface area contributed by atoms with E-state index in [9.17, 15) is 0 Å². The molecule has 3 atom stereocenters. The van der Waals surface area contributed by atoms with Crippen molar-refractivity contribution in [2.45, 2.75) is 15.7 Å². The van der Waals surface area contributed by atoms with Crippen molar-refractivity contribution in [3.63, 3.8) is 0 Å². The van der Waals surface area contributed by atoms with Crippen molar-refractivity contribution in [3.05, 3.63) is 0 Å². The van der Waals surface area contributed by atoms with Crippen molar-refractivity contribution in [2.24, 2.45) is 0 Å². The minimum Gasteiger partial charge on any atom is -0.179 e. The van der Waals surface area contributed by atoms with Gasteiger partial charge in [0.1, 0.15) is 0 Å². The van der Waals surface area contributed by atoms with E-state index in [-0.39, 0.29) is 0 Å². The lowest BCUT2D eigenvalue weighted by molar-refractivity contribution is 1.06. The van der Waals surface area contributed by atoms with Crippen molar-refractivity contribution in [3.8, 4) is 0 Å². The minimum atomic E-state index is 0.686. The highest BCUT2D eigenvalue weighted by Gasteiger charge is 2.19. The molecule has 0 bridgehead atoms. The van der Waals surface area contributed by atoms with Gasteiger partial charge in [-0.2, -0.15) is 110 Å². The number of thiol groups is 5. The van der Waals surface area contributed by atoms with Crippen LogP contribution in [0.4, 0.5) is 0 Å². The number of rotatable bonds is 10. The van der Waals surface area contributed by atoms with Crippen LogP contribution in [0.25, 0.3) is 0 Å². The van der Waals surface area contributed by atoms with E-state index < -0.39 is 0 Å². The summed E-state index contributed by atoms with van der Waals surface area (Å²) in [6, 6.07) is 0. The molecule has 1 aliphatic rings. The highest BCUT2D eigenvalue weighted by Crippen LogP contribution is 2.30. The van der Waals surface area contributed by atoms with E-state index in [1.54, 1.807) is 0 Å². The Labute approximate surface area is 181 Å². The number of thioether (sulfide) groups is 4. The Bertz CT molecular complexity index is 210. The van der Waals surface area contributed by atoms with Gasteiger partial charge in [-0.3, -0.25) is 0 Å². The Balaban J connectivity index is 0.000000406. The van der Waals surface area contributed by atoms with Gasteiger partial charge in [-0.15, -0.1) is 0 Å². The molecule has 0 spiro atoms. The molecule has 3 unspecified atom stereocenters. The molecule has 1 rings (SSSR count). The van der Waals surface area contributed by atoms with E-state index in [4.69, 9.17) is 0 Å². The molecule has 0 amide bonds. The predicted molar refractivity (Wildman–Crippen MR) is 135 cm³/mol. The average Bonchev–Trinajstić information content (AvgIpc) is 2.58. The summed E-state index contributed by atoms with van der Waals surface area (Å²) in [6.45, 7) is 0. The molecule has 1 fully saturated rings.